The zero-order chi connectivity index (χ0) is 19.6. The molecule has 0 saturated heterocycles. The molecule has 0 radical (unpaired) electrons. The Hall–Kier alpha value is -2.82. The van der Waals surface area contributed by atoms with Gasteiger partial charge < -0.3 is 16.0 Å². The molecule has 2 aromatic carbocycles. The van der Waals surface area contributed by atoms with E-state index in [4.69, 9.17) is 0 Å². The molecule has 148 valence electrons. The van der Waals surface area contributed by atoms with Crippen LogP contribution in [0.4, 0.5) is 5.69 Å². The summed E-state index contributed by atoms with van der Waals surface area (Å²) >= 11 is 0. The van der Waals surface area contributed by atoms with Gasteiger partial charge in [0.15, 0.2) is 5.96 Å². The maximum absolute atomic E-state index is 12.3. The summed E-state index contributed by atoms with van der Waals surface area (Å²) in [6, 6.07) is 18.2. The average molecular weight is 379 g/mol. The van der Waals surface area contributed by atoms with Crippen molar-refractivity contribution < 1.29 is 4.79 Å². The Kier molecular flexibility index (Phi) is 7.47. The summed E-state index contributed by atoms with van der Waals surface area (Å²) in [6.45, 7) is 4.14. The van der Waals surface area contributed by atoms with Crippen molar-refractivity contribution in [3.8, 4) is 0 Å². The smallest absolute Gasteiger partial charge is 0.227 e. The van der Waals surface area contributed by atoms with Gasteiger partial charge in [0, 0.05) is 24.7 Å². The van der Waals surface area contributed by atoms with Crippen LogP contribution in [0.25, 0.3) is 0 Å². The number of aliphatic imine (C=N–C) groups is 1. The van der Waals surface area contributed by atoms with Crippen molar-refractivity contribution in [2.24, 2.45) is 10.9 Å². The zero-order valence-corrected chi connectivity index (χ0v) is 16.6. The van der Waals surface area contributed by atoms with E-state index in [0.29, 0.717) is 6.54 Å². The molecule has 1 fully saturated rings. The lowest BCUT2D eigenvalue weighted by Crippen LogP contribution is -2.36. The number of carbonyl (C=O) groups excluding carboxylic acids is 1. The molecule has 3 N–H and O–H groups in total. The Morgan fingerprint density at radius 3 is 2.50 bits per heavy atom. The lowest BCUT2D eigenvalue weighted by molar-refractivity contribution is -0.119. The predicted molar refractivity (Wildman–Crippen MR) is 115 cm³/mol. The quantitative estimate of drug-likeness (QED) is 0.503. The lowest BCUT2D eigenvalue weighted by Gasteiger charge is -2.12. The molecule has 1 amide bonds. The van der Waals surface area contributed by atoms with Crippen LogP contribution in [-0.2, 0) is 17.9 Å². The van der Waals surface area contributed by atoms with E-state index in [1.165, 1.54) is 5.56 Å². The Bertz CT molecular complexity index is 782. The van der Waals surface area contributed by atoms with Gasteiger partial charge in [-0.25, -0.2) is 4.99 Å². The summed E-state index contributed by atoms with van der Waals surface area (Å²) in [5, 5.41) is 9.70. The Morgan fingerprint density at radius 1 is 1.00 bits per heavy atom. The van der Waals surface area contributed by atoms with Gasteiger partial charge >= 0.3 is 0 Å². The van der Waals surface area contributed by atoms with Crippen LogP contribution in [0.15, 0.2) is 59.6 Å². The van der Waals surface area contributed by atoms with Crippen molar-refractivity contribution in [3.05, 3.63) is 65.7 Å². The summed E-state index contributed by atoms with van der Waals surface area (Å²) in [7, 11) is 0. The van der Waals surface area contributed by atoms with Crippen LogP contribution < -0.4 is 16.0 Å². The van der Waals surface area contributed by atoms with E-state index in [-0.39, 0.29) is 11.8 Å². The van der Waals surface area contributed by atoms with Gasteiger partial charge in [-0.05, 0) is 43.0 Å². The van der Waals surface area contributed by atoms with Gasteiger partial charge in [-0.1, -0.05) is 55.3 Å². The molecule has 3 rings (SSSR count). The number of nitrogens with one attached hydrogen (secondary N) is 3. The monoisotopic (exact) mass is 378 g/mol. The Labute approximate surface area is 167 Å². The highest BCUT2D eigenvalue weighted by Crippen LogP contribution is 2.26. The van der Waals surface area contributed by atoms with E-state index in [1.54, 1.807) is 0 Å². The molecule has 2 aromatic rings. The van der Waals surface area contributed by atoms with Crippen molar-refractivity contribution in [1.29, 1.82) is 0 Å². The summed E-state index contributed by atoms with van der Waals surface area (Å²) in [4.78, 5) is 17.0. The minimum Gasteiger partial charge on any atom is -0.357 e. The SMILES string of the molecule is CCNC(=NCc1cccc(NC(=O)C2CCCC2)c1)NCc1ccccc1. The number of benzene rings is 2. The van der Waals surface area contributed by atoms with E-state index in [0.717, 1.165) is 56.0 Å². The number of amides is 1. The molecule has 0 unspecified atom stereocenters. The van der Waals surface area contributed by atoms with E-state index in [9.17, 15) is 4.79 Å². The molecule has 0 aromatic heterocycles. The van der Waals surface area contributed by atoms with Crippen molar-refractivity contribution in [2.45, 2.75) is 45.7 Å². The van der Waals surface area contributed by atoms with Crippen LogP contribution in [0.1, 0.15) is 43.7 Å². The number of anilines is 1. The van der Waals surface area contributed by atoms with Crippen molar-refractivity contribution >= 4 is 17.6 Å². The van der Waals surface area contributed by atoms with Gasteiger partial charge in [0.2, 0.25) is 5.91 Å². The van der Waals surface area contributed by atoms with Crippen LogP contribution in [0.5, 0.6) is 0 Å². The van der Waals surface area contributed by atoms with E-state index < -0.39 is 0 Å². The largest absolute Gasteiger partial charge is 0.357 e. The molecule has 1 saturated carbocycles. The molecule has 5 heteroatoms. The van der Waals surface area contributed by atoms with Gasteiger partial charge in [0.05, 0.1) is 6.54 Å². The molecular formula is C23H30N4O. The fraction of sp³-hybridized carbons (Fsp3) is 0.391. The second kappa shape index (κ2) is 10.5. The highest BCUT2D eigenvalue weighted by molar-refractivity contribution is 5.92. The van der Waals surface area contributed by atoms with E-state index in [1.807, 2.05) is 42.5 Å². The molecule has 0 heterocycles. The molecule has 0 bridgehead atoms. The highest BCUT2D eigenvalue weighted by atomic mass is 16.1. The molecule has 0 aliphatic heterocycles. The number of hydrogen-bond donors (Lipinski definition) is 3. The molecular weight excluding hydrogens is 348 g/mol. The molecule has 1 aliphatic rings. The minimum absolute atomic E-state index is 0.149. The van der Waals surface area contributed by atoms with E-state index >= 15 is 0 Å². The number of nitrogens with zero attached hydrogens (tertiary/aromatic N) is 1. The molecule has 28 heavy (non-hydrogen) atoms. The fourth-order valence-corrected chi connectivity index (χ4v) is 3.47. The molecule has 0 atom stereocenters. The topological polar surface area (TPSA) is 65.5 Å². The van der Waals surface area contributed by atoms with Crippen LogP contribution >= 0.6 is 0 Å². The highest BCUT2D eigenvalue weighted by Gasteiger charge is 2.22. The Balaban J connectivity index is 1.58. The van der Waals surface area contributed by atoms with Crippen LogP contribution in [-0.4, -0.2) is 18.4 Å². The zero-order valence-electron chi connectivity index (χ0n) is 16.6. The maximum atomic E-state index is 12.3. The average Bonchev–Trinajstić information content (AvgIpc) is 3.26. The number of rotatable bonds is 7. The summed E-state index contributed by atoms with van der Waals surface area (Å²) < 4.78 is 0. The van der Waals surface area contributed by atoms with Crippen molar-refractivity contribution in [2.75, 3.05) is 11.9 Å². The van der Waals surface area contributed by atoms with Gasteiger partial charge in [-0.15, -0.1) is 0 Å². The van der Waals surface area contributed by atoms with Gasteiger partial charge in [-0.2, -0.15) is 0 Å². The number of hydrogen-bond acceptors (Lipinski definition) is 2. The van der Waals surface area contributed by atoms with Gasteiger partial charge in [0.25, 0.3) is 0 Å². The van der Waals surface area contributed by atoms with Gasteiger partial charge in [-0.3, -0.25) is 4.79 Å². The first-order valence-electron chi connectivity index (χ1n) is 10.2. The third kappa shape index (κ3) is 6.12. The normalized spacial score (nSPS) is 14.7. The first kappa shape index (κ1) is 19.9. The molecule has 0 spiro atoms. The van der Waals surface area contributed by atoms with Gasteiger partial charge in [0.1, 0.15) is 0 Å². The van der Waals surface area contributed by atoms with E-state index in [2.05, 4.69) is 40.0 Å². The summed E-state index contributed by atoms with van der Waals surface area (Å²) in [5.74, 6) is 1.10. The van der Waals surface area contributed by atoms with Crippen molar-refractivity contribution in [1.82, 2.24) is 10.6 Å². The third-order valence-electron chi connectivity index (χ3n) is 4.99. The van der Waals surface area contributed by atoms with Crippen molar-refractivity contribution in [3.63, 3.8) is 0 Å². The Morgan fingerprint density at radius 2 is 1.75 bits per heavy atom. The van der Waals surface area contributed by atoms with Crippen LogP contribution in [0.2, 0.25) is 0 Å². The van der Waals surface area contributed by atoms with Crippen LogP contribution in [0.3, 0.4) is 0 Å². The lowest BCUT2D eigenvalue weighted by atomic mass is 10.1. The number of carbonyl (C=O) groups is 1. The molecule has 1 aliphatic carbocycles. The second-order valence-corrected chi connectivity index (χ2v) is 7.21. The first-order valence-corrected chi connectivity index (χ1v) is 10.2. The molecule has 5 nitrogen and oxygen atoms in total. The maximum Gasteiger partial charge on any atom is 0.227 e. The second-order valence-electron chi connectivity index (χ2n) is 7.21. The standard InChI is InChI=1S/C23H30N4O/c1-2-24-23(25-16-18-9-4-3-5-10-18)26-17-19-11-8-14-21(15-19)27-22(28)20-12-6-7-13-20/h3-5,8-11,14-15,20H,2,6-7,12-13,16-17H2,1H3,(H,27,28)(H2,24,25,26). The minimum atomic E-state index is 0.149. The predicted octanol–water partition coefficient (Wildman–Crippen LogP) is 4.07. The third-order valence-corrected chi connectivity index (χ3v) is 4.99. The van der Waals surface area contributed by atoms with Crippen LogP contribution in [0, 0.1) is 5.92 Å². The number of guanidine groups is 1. The first-order chi connectivity index (χ1) is 13.7. The summed E-state index contributed by atoms with van der Waals surface area (Å²) in [6.07, 6.45) is 4.34. The summed E-state index contributed by atoms with van der Waals surface area (Å²) in [5.41, 5.74) is 3.14. The fourth-order valence-electron chi connectivity index (χ4n) is 3.47.